The van der Waals surface area contributed by atoms with Crippen LogP contribution in [-0.4, -0.2) is 12.3 Å². The first-order chi connectivity index (χ1) is 8.04. The van der Waals surface area contributed by atoms with Crippen LogP contribution >= 0.6 is 11.8 Å². The zero-order chi connectivity index (χ0) is 12.7. The quantitative estimate of drug-likeness (QED) is 0.605. The van der Waals surface area contributed by atoms with Crippen LogP contribution in [0.2, 0.25) is 0 Å². The van der Waals surface area contributed by atoms with E-state index in [2.05, 4.69) is 45.0 Å². The summed E-state index contributed by atoms with van der Waals surface area (Å²) in [6.45, 7) is 7.58. The van der Waals surface area contributed by atoms with E-state index in [-0.39, 0.29) is 5.41 Å². The Kier molecular flexibility index (Phi) is 6.07. The highest BCUT2D eigenvalue weighted by Crippen LogP contribution is 2.26. The molecule has 0 saturated carbocycles. The SMILES string of the molecule is CC(C)(C)c1ccc(SCCCCCN)cc1. The van der Waals surface area contributed by atoms with Gasteiger partial charge in [-0.3, -0.25) is 0 Å². The molecule has 0 radical (unpaired) electrons. The number of rotatable bonds is 6. The summed E-state index contributed by atoms with van der Waals surface area (Å²) in [7, 11) is 0. The van der Waals surface area contributed by atoms with Gasteiger partial charge in [0.2, 0.25) is 0 Å². The fraction of sp³-hybridized carbons (Fsp3) is 0.600. The minimum Gasteiger partial charge on any atom is -0.330 e. The molecule has 0 fully saturated rings. The van der Waals surface area contributed by atoms with Gasteiger partial charge in [0, 0.05) is 4.90 Å². The maximum absolute atomic E-state index is 5.47. The first-order valence-electron chi connectivity index (χ1n) is 6.47. The standard InChI is InChI=1S/C15H25NS/c1-15(2,3)13-7-9-14(10-8-13)17-12-6-4-5-11-16/h7-10H,4-6,11-12,16H2,1-3H3. The largest absolute Gasteiger partial charge is 0.330 e. The number of nitrogens with two attached hydrogens (primary N) is 1. The molecule has 0 amide bonds. The molecule has 0 bridgehead atoms. The fourth-order valence-corrected chi connectivity index (χ4v) is 2.58. The van der Waals surface area contributed by atoms with Crippen molar-refractivity contribution in [1.29, 1.82) is 0 Å². The van der Waals surface area contributed by atoms with E-state index in [1.54, 1.807) is 0 Å². The number of hydrogen-bond donors (Lipinski definition) is 1. The summed E-state index contributed by atoms with van der Waals surface area (Å²) in [4.78, 5) is 1.38. The summed E-state index contributed by atoms with van der Waals surface area (Å²) in [6, 6.07) is 8.99. The fourth-order valence-electron chi connectivity index (χ4n) is 1.66. The van der Waals surface area contributed by atoms with E-state index in [0.717, 1.165) is 13.0 Å². The van der Waals surface area contributed by atoms with Crippen molar-refractivity contribution in [3.05, 3.63) is 29.8 Å². The van der Waals surface area contributed by atoms with E-state index in [1.165, 1.54) is 29.1 Å². The third kappa shape index (κ3) is 5.60. The van der Waals surface area contributed by atoms with Crippen molar-refractivity contribution < 1.29 is 0 Å². The van der Waals surface area contributed by atoms with Crippen molar-refractivity contribution in [2.75, 3.05) is 12.3 Å². The molecule has 0 aliphatic heterocycles. The van der Waals surface area contributed by atoms with Gasteiger partial charge < -0.3 is 5.73 Å². The highest BCUT2D eigenvalue weighted by atomic mass is 32.2. The van der Waals surface area contributed by atoms with E-state index in [4.69, 9.17) is 5.73 Å². The van der Waals surface area contributed by atoms with E-state index in [1.807, 2.05) is 11.8 Å². The van der Waals surface area contributed by atoms with Crippen molar-refractivity contribution in [2.24, 2.45) is 5.73 Å². The van der Waals surface area contributed by atoms with Gasteiger partial charge in [-0.25, -0.2) is 0 Å². The molecule has 0 aliphatic rings. The van der Waals surface area contributed by atoms with Gasteiger partial charge in [-0.2, -0.15) is 0 Å². The van der Waals surface area contributed by atoms with Crippen LogP contribution in [0.15, 0.2) is 29.2 Å². The topological polar surface area (TPSA) is 26.0 Å². The molecule has 1 nitrogen and oxygen atoms in total. The molecule has 2 N–H and O–H groups in total. The summed E-state index contributed by atoms with van der Waals surface area (Å²) in [5, 5.41) is 0. The summed E-state index contributed by atoms with van der Waals surface area (Å²) in [5.41, 5.74) is 7.13. The first-order valence-corrected chi connectivity index (χ1v) is 7.46. The van der Waals surface area contributed by atoms with Crippen molar-refractivity contribution >= 4 is 11.8 Å². The molecule has 0 saturated heterocycles. The molecule has 0 atom stereocenters. The first kappa shape index (κ1) is 14.6. The van der Waals surface area contributed by atoms with E-state index in [0.29, 0.717) is 0 Å². The van der Waals surface area contributed by atoms with Crippen molar-refractivity contribution in [3.8, 4) is 0 Å². The van der Waals surface area contributed by atoms with Crippen molar-refractivity contribution in [3.63, 3.8) is 0 Å². The van der Waals surface area contributed by atoms with Gasteiger partial charge >= 0.3 is 0 Å². The van der Waals surface area contributed by atoms with Gasteiger partial charge in [-0.15, -0.1) is 11.8 Å². The van der Waals surface area contributed by atoms with E-state index >= 15 is 0 Å². The normalized spacial score (nSPS) is 11.8. The minimum atomic E-state index is 0.254. The van der Waals surface area contributed by atoms with Gasteiger partial charge in [-0.05, 0) is 48.3 Å². The molecule has 0 aliphatic carbocycles. The molecule has 0 spiro atoms. The maximum atomic E-state index is 5.47. The summed E-state index contributed by atoms with van der Waals surface area (Å²) in [6.07, 6.45) is 3.68. The van der Waals surface area contributed by atoms with Gasteiger partial charge in [-0.1, -0.05) is 39.3 Å². The monoisotopic (exact) mass is 251 g/mol. The summed E-state index contributed by atoms with van der Waals surface area (Å²) < 4.78 is 0. The zero-order valence-corrected chi connectivity index (χ0v) is 12.1. The highest BCUT2D eigenvalue weighted by Gasteiger charge is 2.12. The minimum absolute atomic E-state index is 0.254. The van der Waals surface area contributed by atoms with Crippen LogP contribution in [0.25, 0.3) is 0 Å². The highest BCUT2D eigenvalue weighted by molar-refractivity contribution is 7.99. The molecular formula is C15H25NS. The molecule has 2 heteroatoms. The van der Waals surface area contributed by atoms with Crippen LogP contribution in [0.1, 0.15) is 45.6 Å². The predicted molar refractivity (Wildman–Crippen MR) is 78.8 cm³/mol. The van der Waals surface area contributed by atoms with E-state index < -0.39 is 0 Å². The Morgan fingerprint density at radius 3 is 2.18 bits per heavy atom. The van der Waals surface area contributed by atoms with Crippen molar-refractivity contribution in [2.45, 2.75) is 50.3 Å². The second-order valence-electron chi connectivity index (χ2n) is 5.47. The second kappa shape index (κ2) is 7.07. The number of hydrogen-bond acceptors (Lipinski definition) is 2. The van der Waals surface area contributed by atoms with Crippen LogP contribution in [0.5, 0.6) is 0 Å². The predicted octanol–water partition coefficient (Wildman–Crippen LogP) is 4.21. The Bertz CT molecular complexity index is 311. The lowest BCUT2D eigenvalue weighted by Gasteiger charge is -2.19. The Morgan fingerprint density at radius 1 is 1.00 bits per heavy atom. The average Bonchev–Trinajstić information content (AvgIpc) is 2.28. The maximum Gasteiger partial charge on any atom is 0.00721 e. The third-order valence-electron chi connectivity index (χ3n) is 2.84. The smallest absolute Gasteiger partial charge is 0.00721 e. The summed E-state index contributed by atoms with van der Waals surface area (Å²) in [5.74, 6) is 1.20. The Balaban J connectivity index is 2.36. The number of unbranched alkanes of at least 4 members (excludes halogenated alkanes) is 2. The van der Waals surface area contributed by atoms with Gasteiger partial charge in [0.05, 0.1) is 0 Å². The van der Waals surface area contributed by atoms with E-state index in [9.17, 15) is 0 Å². The van der Waals surface area contributed by atoms with Crippen LogP contribution in [0, 0.1) is 0 Å². The molecule has 17 heavy (non-hydrogen) atoms. The van der Waals surface area contributed by atoms with Gasteiger partial charge in [0.25, 0.3) is 0 Å². The molecule has 1 rings (SSSR count). The van der Waals surface area contributed by atoms with Gasteiger partial charge in [0.1, 0.15) is 0 Å². The number of thioether (sulfide) groups is 1. The average molecular weight is 251 g/mol. The molecule has 0 unspecified atom stereocenters. The third-order valence-corrected chi connectivity index (χ3v) is 3.94. The number of benzene rings is 1. The molecule has 1 aromatic rings. The Morgan fingerprint density at radius 2 is 1.65 bits per heavy atom. The molecule has 1 aromatic carbocycles. The molecule has 96 valence electrons. The Hall–Kier alpha value is -0.470. The molecule has 0 aromatic heterocycles. The summed E-state index contributed by atoms with van der Waals surface area (Å²) >= 11 is 1.95. The molecule has 0 heterocycles. The van der Waals surface area contributed by atoms with Crippen LogP contribution < -0.4 is 5.73 Å². The van der Waals surface area contributed by atoms with Crippen LogP contribution in [0.4, 0.5) is 0 Å². The lowest BCUT2D eigenvalue weighted by molar-refractivity contribution is 0.590. The van der Waals surface area contributed by atoms with Crippen molar-refractivity contribution in [1.82, 2.24) is 0 Å². The lowest BCUT2D eigenvalue weighted by Crippen LogP contribution is -2.10. The lowest BCUT2D eigenvalue weighted by atomic mass is 9.87. The van der Waals surface area contributed by atoms with Crippen LogP contribution in [-0.2, 0) is 5.41 Å². The zero-order valence-electron chi connectivity index (χ0n) is 11.3. The molecular weight excluding hydrogens is 226 g/mol. The second-order valence-corrected chi connectivity index (χ2v) is 6.64. The van der Waals surface area contributed by atoms with Crippen LogP contribution in [0.3, 0.4) is 0 Å². The Labute approximate surface area is 110 Å². The van der Waals surface area contributed by atoms with Gasteiger partial charge in [0.15, 0.2) is 0 Å².